The van der Waals surface area contributed by atoms with Crippen molar-refractivity contribution >= 4 is 20.9 Å². The Morgan fingerprint density at radius 1 is 1.10 bits per heavy atom. The van der Waals surface area contributed by atoms with E-state index in [9.17, 15) is 13.0 Å². The number of fused-ring (bicyclic) bond motifs is 1. The molecule has 0 amide bonds. The Bertz CT molecular complexity index is 709. The second-order valence-corrected chi connectivity index (χ2v) is 6.85. The number of aryl methyl sites for hydroxylation is 1. The van der Waals surface area contributed by atoms with Crippen molar-refractivity contribution in [2.45, 2.75) is 38.0 Å². The molecule has 0 saturated heterocycles. The Morgan fingerprint density at radius 3 is 2.38 bits per heavy atom. The maximum atomic E-state index is 11.4. The minimum atomic E-state index is -4.43. The number of hydrogen-bond acceptors (Lipinski definition) is 3. The molecule has 2 rings (SSSR count). The zero-order valence-electron chi connectivity index (χ0n) is 12.8. The van der Waals surface area contributed by atoms with Crippen LogP contribution in [-0.4, -0.2) is 13.0 Å². The predicted molar refractivity (Wildman–Crippen MR) is 79.7 cm³/mol. The van der Waals surface area contributed by atoms with Crippen LogP contribution in [0.2, 0.25) is 0 Å². The fraction of sp³-hybridized carbons (Fsp3) is 0.375. The van der Waals surface area contributed by atoms with Gasteiger partial charge in [-0.2, -0.15) is 0 Å². The Balaban J connectivity index is 0.00000220. The van der Waals surface area contributed by atoms with Crippen molar-refractivity contribution in [1.82, 2.24) is 0 Å². The summed E-state index contributed by atoms with van der Waals surface area (Å²) in [4.78, 5) is -0.0695. The molecule has 0 spiro atoms. The van der Waals surface area contributed by atoms with Gasteiger partial charge in [-0.15, -0.1) is 0 Å². The Morgan fingerprint density at radius 2 is 1.76 bits per heavy atom. The first kappa shape index (κ1) is 18.7. The van der Waals surface area contributed by atoms with Gasteiger partial charge in [0.1, 0.15) is 10.1 Å². The van der Waals surface area contributed by atoms with E-state index < -0.39 is 10.1 Å². The summed E-state index contributed by atoms with van der Waals surface area (Å²) in [6.45, 7) is 4.27. The summed E-state index contributed by atoms with van der Waals surface area (Å²) in [7, 11) is -4.43. The third-order valence-electron chi connectivity index (χ3n) is 3.48. The Labute approximate surface area is 148 Å². The van der Waals surface area contributed by atoms with Gasteiger partial charge in [-0.1, -0.05) is 50.6 Å². The molecule has 0 bridgehead atoms. The first-order chi connectivity index (χ1) is 9.39. The molecule has 0 fully saturated rings. The van der Waals surface area contributed by atoms with Gasteiger partial charge >= 0.3 is 29.6 Å². The molecule has 0 heterocycles. The summed E-state index contributed by atoms with van der Waals surface area (Å²) in [5.74, 6) is 0.567. The maximum absolute atomic E-state index is 11.4. The fourth-order valence-corrected chi connectivity index (χ4v) is 3.24. The Kier molecular flexibility index (Phi) is 6.88. The minimum absolute atomic E-state index is 0. The van der Waals surface area contributed by atoms with E-state index in [-0.39, 0.29) is 34.5 Å². The molecule has 0 aliphatic carbocycles. The second-order valence-electron chi connectivity index (χ2n) is 5.50. The molecule has 0 unspecified atom stereocenters. The average Bonchev–Trinajstić information content (AvgIpc) is 2.37. The molecule has 108 valence electrons. The third kappa shape index (κ3) is 4.80. The Hall–Kier alpha value is -0.390. The molecule has 0 saturated carbocycles. The van der Waals surface area contributed by atoms with E-state index in [4.69, 9.17) is 0 Å². The van der Waals surface area contributed by atoms with Gasteiger partial charge in [-0.05, 0) is 41.2 Å². The molecule has 0 N–H and O–H groups in total. The van der Waals surface area contributed by atoms with Crippen LogP contribution in [0.15, 0.2) is 41.3 Å². The number of hydrogen-bond donors (Lipinski definition) is 0. The predicted octanol–water partition coefficient (Wildman–Crippen LogP) is 0.727. The zero-order valence-corrected chi connectivity index (χ0v) is 15.6. The molecular formula is C16H19NaO3S. The van der Waals surface area contributed by atoms with Crippen molar-refractivity contribution in [1.29, 1.82) is 0 Å². The zero-order chi connectivity index (χ0) is 14.8. The van der Waals surface area contributed by atoms with Crippen LogP contribution in [-0.2, 0) is 16.5 Å². The SMILES string of the molecule is CC(C)CCCc1c(S(=O)(=O)[O-])ccc2ccccc12.[Na+]. The molecule has 0 radical (unpaired) electrons. The second kappa shape index (κ2) is 7.75. The summed E-state index contributed by atoms with van der Waals surface area (Å²) < 4.78 is 34.3. The number of benzene rings is 2. The summed E-state index contributed by atoms with van der Waals surface area (Å²) >= 11 is 0. The third-order valence-corrected chi connectivity index (χ3v) is 4.40. The van der Waals surface area contributed by atoms with Crippen molar-refractivity contribution in [3.05, 3.63) is 42.0 Å². The minimum Gasteiger partial charge on any atom is -0.744 e. The first-order valence-corrected chi connectivity index (χ1v) is 8.27. The summed E-state index contributed by atoms with van der Waals surface area (Å²) in [6, 6.07) is 10.7. The van der Waals surface area contributed by atoms with Crippen molar-refractivity contribution in [2.24, 2.45) is 5.92 Å². The van der Waals surface area contributed by atoms with Gasteiger partial charge in [0.05, 0.1) is 4.90 Å². The van der Waals surface area contributed by atoms with Gasteiger partial charge in [-0.25, -0.2) is 8.42 Å². The molecular weight excluding hydrogens is 295 g/mol. The summed E-state index contributed by atoms with van der Waals surface area (Å²) in [5.41, 5.74) is 0.666. The van der Waals surface area contributed by atoms with Crippen molar-refractivity contribution in [3.8, 4) is 0 Å². The van der Waals surface area contributed by atoms with E-state index in [1.807, 2.05) is 24.3 Å². The summed E-state index contributed by atoms with van der Waals surface area (Å²) in [5, 5.41) is 1.84. The normalized spacial score (nSPS) is 11.6. The van der Waals surface area contributed by atoms with Gasteiger partial charge < -0.3 is 4.55 Å². The number of rotatable bonds is 5. The smallest absolute Gasteiger partial charge is 0.744 e. The van der Waals surface area contributed by atoms with Gasteiger partial charge in [-0.3, -0.25) is 0 Å². The molecule has 2 aromatic rings. The van der Waals surface area contributed by atoms with Crippen LogP contribution in [0.4, 0.5) is 0 Å². The standard InChI is InChI=1S/C16H20O3S.Na/c1-12(2)6-5-9-15-14-8-4-3-7-13(14)10-11-16(15)20(17,18)19;/h3-4,7-8,10-12H,5-6,9H2,1-2H3,(H,17,18,19);/q;+1/p-1. The van der Waals surface area contributed by atoms with E-state index >= 15 is 0 Å². The van der Waals surface area contributed by atoms with E-state index in [0.717, 1.165) is 23.6 Å². The molecule has 2 aromatic carbocycles. The topological polar surface area (TPSA) is 57.2 Å². The fourth-order valence-electron chi connectivity index (χ4n) is 2.50. The van der Waals surface area contributed by atoms with Crippen LogP contribution in [0.5, 0.6) is 0 Å². The van der Waals surface area contributed by atoms with Crippen LogP contribution < -0.4 is 29.6 Å². The van der Waals surface area contributed by atoms with Crippen molar-refractivity contribution in [3.63, 3.8) is 0 Å². The van der Waals surface area contributed by atoms with Gasteiger partial charge in [0.2, 0.25) is 0 Å². The molecule has 0 aliphatic heterocycles. The van der Waals surface area contributed by atoms with Crippen LogP contribution in [0.3, 0.4) is 0 Å². The molecule has 0 atom stereocenters. The largest absolute Gasteiger partial charge is 1.00 e. The van der Waals surface area contributed by atoms with E-state index in [1.54, 1.807) is 6.07 Å². The molecule has 0 aliphatic rings. The van der Waals surface area contributed by atoms with E-state index in [1.165, 1.54) is 6.07 Å². The van der Waals surface area contributed by atoms with Crippen LogP contribution in [0.25, 0.3) is 10.8 Å². The monoisotopic (exact) mass is 314 g/mol. The quantitative estimate of drug-likeness (QED) is 0.604. The first-order valence-electron chi connectivity index (χ1n) is 6.86. The van der Waals surface area contributed by atoms with Crippen LogP contribution in [0.1, 0.15) is 32.3 Å². The van der Waals surface area contributed by atoms with Crippen LogP contribution >= 0.6 is 0 Å². The van der Waals surface area contributed by atoms with Gasteiger partial charge in [0.25, 0.3) is 0 Å². The molecule has 5 heteroatoms. The van der Waals surface area contributed by atoms with E-state index in [2.05, 4.69) is 13.8 Å². The van der Waals surface area contributed by atoms with E-state index in [0.29, 0.717) is 17.9 Å². The molecule has 21 heavy (non-hydrogen) atoms. The van der Waals surface area contributed by atoms with Crippen molar-refractivity contribution in [2.75, 3.05) is 0 Å². The summed E-state index contributed by atoms with van der Waals surface area (Å²) in [6.07, 6.45) is 2.52. The molecule has 3 nitrogen and oxygen atoms in total. The van der Waals surface area contributed by atoms with Crippen molar-refractivity contribution < 1.29 is 42.5 Å². The average molecular weight is 314 g/mol. The van der Waals surface area contributed by atoms with Gasteiger partial charge in [0.15, 0.2) is 0 Å². The van der Waals surface area contributed by atoms with Crippen LogP contribution in [0, 0.1) is 5.92 Å². The maximum Gasteiger partial charge on any atom is 1.00 e. The molecule has 0 aromatic heterocycles. The van der Waals surface area contributed by atoms with Gasteiger partial charge in [0, 0.05) is 0 Å².